The zero-order valence-electron chi connectivity index (χ0n) is 19.1. The Morgan fingerprint density at radius 3 is 1.76 bits per heavy atom. The SMILES string of the molecule is COc1cc(Nc2cc3c(cc2Nc2ccc(OC)c(OC)c2OC)OCO3)cc(OC)c1. The molecule has 0 atom stereocenters. The lowest BCUT2D eigenvalue weighted by molar-refractivity contribution is 0.174. The van der Waals surface area contributed by atoms with Crippen LogP contribution in [0.4, 0.5) is 22.7 Å². The van der Waals surface area contributed by atoms with Gasteiger partial charge in [0, 0.05) is 36.0 Å². The van der Waals surface area contributed by atoms with E-state index in [4.69, 9.17) is 33.2 Å². The smallest absolute Gasteiger partial charge is 0.231 e. The molecule has 9 heteroatoms. The van der Waals surface area contributed by atoms with Crippen LogP contribution in [0.25, 0.3) is 0 Å². The summed E-state index contributed by atoms with van der Waals surface area (Å²) >= 11 is 0. The molecule has 33 heavy (non-hydrogen) atoms. The van der Waals surface area contributed by atoms with Gasteiger partial charge in [0.2, 0.25) is 12.5 Å². The number of nitrogens with one attached hydrogen (secondary N) is 2. The fourth-order valence-electron chi connectivity index (χ4n) is 3.53. The minimum absolute atomic E-state index is 0.158. The third-order valence-electron chi connectivity index (χ3n) is 5.12. The maximum atomic E-state index is 5.62. The summed E-state index contributed by atoms with van der Waals surface area (Å²) in [5, 5.41) is 6.81. The Bertz CT molecular complexity index is 1130. The summed E-state index contributed by atoms with van der Waals surface area (Å²) in [7, 11) is 7.93. The second-order valence-corrected chi connectivity index (χ2v) is 6.98. The van der Waals surface area contributed by atoms with E-state index in [1.165, 1.54) is 0 Å². The minimum Gasteiger partial charge on any atom is -0.497 e. The quantitative estimate of drug-likeness (QED) is 0.466. The van der Waals surface area contributed by atoms with Gasteiger partial charge in [-0.2, -0.15) is 0 Å². The number of benzene rings is 3. The Balaban J connectivity index is 1.76. The number of anilines is 4. The molecule has 0 bridgehead atoms. The zero-order valence-corrected chi connectivity index (χ0v) is 19.1. The standard InChI is InChI=1S/C24H26N2O7/c1-27-15-8-14(9-16(10-15)28-2)25-18-11-21-22(33-13-32-21)12-19(18)26-17-6-7-20(29-3)24(31-5)23(17)30-4/h6-12,25-26H,13H2,1-5H3. The Morgan fingerprint density at radius 1 is 0.606 bits per heavy atom. The van der Waals surface area contributed by atoms with Gasteiger partial charge >= 0.3 is 0 Å². The molecule has 0 spiro atoms. The highest BCUT2D eigenvalue weighted by molar-refractivity contribution is 5.84. The summed E-state index contributed by atoms with van der Waals surface area (Å²) in [6, 6.07) is 12.9. The molecule has 1 aliphatic rings. The maximum Gasteiger partial charge on any atom is 0.231 e. The average molecular weight is 454 g/mol. The number of hydrogen-bond donors (Lipinski definition) is 2. The molecule has 4 rings (SSSR count). The third-order valence-corrected chi connectivity index (χ3v) is 5.12. The number of ether oxygens (including phenoxy) is 7. The lowest BCUT2D eigenvalue weighted by Gasteiger charge is -2.19. The topological polar surface area (TPSA) is 88.7 Å². The molecule has 174 valence electrons. The van der Waals surface area contributed by atoms with Crippen LogP contribution in [0.1, 0.15) is 0 Å². The largest absolute Gasteiger partial charge is 0.497 e. The molecule has 9 nitrogen and oxygen atoms in total. The monoisotopic (exact) mass is 454 g/mol. The molecule has 0 fully saturated rings. The fourth-order valence-corrected chi connectivity index (χ4v) is 3.53. The molecule has 2 N–H and O–H groups in total. The lowest BCUT2D eigenvalue weighted by Crippen LogP contribution is -2.02. The predicted octanol–water partition coefficient (Wildman–Crippen LogP) is 4.95. The Hall–Kier alpha value is -4.14. The van der Waals surface area contributed by atoms with Crippen molar-refractivity contribution in [2.24, 2.45) is 0 Å². The Labute approximate surface area is 192 Å². The molecule has 0 aromatic heterocycles. The summed E-state index contributed by atoms with van der Waals surface area (Å²) in [6.45, 7) is 0.158. The minimum atomic E-state index is 0.158. The molecule has 0 saturated heterocycles. The summed E-state index contributed by atoms with van der Waals surface area (Å²) in [4.78, 5) is 0. The molecule has 0 radical (unpaired) electrons. The van der Waals surface area contributed by atoms with Gasteiger partial charge in [-0.3, -0.25) is 0 Å². The van der Waals surface area contributed by atoms with Gasteiger partial charge in [-0.1, -0.05) is 0 Å². The second kappa shape index (κ2) is 9.56. The van der Waals surface area contributed by atoms with E-state index in [0.29, 0.717) is 45.9 Å². The van der Waals surface area contributed by atoms with Crippen LogP contribution in [-0.2, 0) is 0 Å². The van der Waals surface area contributed by atoms with Gasteiger partial charge in [0.05, 0.1) is 52.6 Å². The van der Waals surface area contributed by atoms with E-state index in [1.807, 2.05) is 30.3 Å². The number of fused-ring (bicyclic) bond motifs is 1. The van der Waals surface area contributed by atoms with E-state index in [-0.39, 0.29) is 6.79 Å². The van der Waals surface area contributed by atoms with Gasteiger partial charge in [-0.15, -0.1) is 0 Å². The van der Waals surface area contributed by atoms with Crippen molar-refractivity contribution in [1.82, 2.24) is 0 Å². The summed E-state index contributed by atoms with van der Waals surface area (Å²) in [6.07, 6.45) is 0. The van der Waals surface area contributed by atoms with Crippen LogP contribution in [0.15, 0.2) is 42.5 Å². The average Bonchev–Trinajstić information content (AvgIpc) is 3.30. The van der Waals surface area contributed by atoms with E-state index in [9.17, 15) is 0 Å². The molecular weight excluding hydrogens is 428 g/mol. The van der Waals surface area contributed by atoms with Crippen LogP contribution in [0, 0.1) is 0 Å². The molecule has 3 aromatic carbocycles. The molecule has 0 amide bonds. The highest BCUT2D eigenvalue weighted by Crippen LogP contribution is 2.47. The Kier molecular flexibility index (Phi) is 6.39. The summed E-state index contributed by atoms with van der Waals surface area (Å²) < 4.78 is 38.5. The molecular formula is C24H26N2O7. The van der Waals surface area contributed by atoms with Gasteiger partial charge in [-0.25, -0.2) is 0 Å². The third kappa shape index (κ3) is 4.43. The van der Waals surface area contributed by atoms with Crippen LogP contribution >= 0.6 is 0 Å². The van der Waals surface area contributed by atoms with E-state index < -0.39 is 0 Å². The van der Waals surface area contributed by atoms with E-state index in [2.05, 4.69) is 10.6 Å². The van der Waals surface area contributed by atoms with Crippen molar-refractivity contribution in [3.05, 3.63) is 42.5 Å². The van der Waals surface area contributed by atoms with Crippen molar-refractivity contribution in [2.45, 2.75) is 0 Å². The number of methoxy groups -OCH3 is 5. The number of rotatable bonds is 9. The first-order valence-corrected chi connectivity index (χ1v) is 10.1. The van der Waals surface area contributed by atoms with E-state index in [0.717, 1.165) is 17.1 Å². The molecule has 1 aliphatic heterocycles. The van der Waals surface area contributed by atoms with Gasteiger partial charge in [0.25, 0.3) is 0 Å². The van der Waals surface area contributed by atoms with Crippen LogP contribution in [-0.4, -0.2) is 42.3 Å². The van der Waals surface area contributed by atoms with Crippen molar-refractivity contribution in [2.75, 3.05) is 53.0 Å². The lowest BCUT2D eigenvalue weighted by atomic mass is 10.2. The van der Waals surface area contributed by atoms with Crippen molar-refractivity contribution in [3.63, 3.8) is 0 Å². The van der Waals surface area contributed by atoms with Gasteiger partial charge in [0.15, 0.2) is 23.0 Å². The molecule has 0 aliphatic carbocycles. The van der Waals surface area contributed by atoms with E-state index in [1.54, 1.807) is 47.7 Å². The first-order valence-electron chi connectivity index (χ1n) is 10.1. The molecule has 3 aromatic rings. The zero-order chi connectivity index (χ0) is 23.4. The van der Waals surface area contributed by atoms with Crippen molar-refractivity contribution >= 4 is 22.7 Å². The summed E-state index contributed by atoms with van der Waals surface area (Å²) in [5.41, 5.74) is 2.92. The van der Waals surface area contributed by atoms with Crippen molar-refractivity contribution < 1.29 is 33.2 Å². The van der Waals surface area contributed by atoms with Gasteiger partial charge in [0.1, 0.15) is 11.5 Å². The van der Waals surface area contributed by atoms with Crippen LogP contribution < -0.4 is 43.8 Å². The highest BCUT2D eigenvalue weighted by atomic mass is 16.7. The molecule has 0 saturated carbocycles. The van der Waals surface area contributed by atoms with Crippen LogP contribution in [0.3, 0.4) is 0 Å². The highest BCUT2D eigenvalue weighted by Gasteiger charge is 2.21. The molecule has 0 unspecified atom stereocenters. The van der Waals surface area contributed by atoms with Gasteiger partial charge < -0.3 is 43.8 Å². The van der Waals surface area contributed by atoms with Crippen LogP contribution in [0.5, 0.6) is 40.2 Å². The first kappa shape index (κ1) is 22.1. The molecule has 1 heterocycles. The van der Waals surface area contributed by atoms with Crippen LogP contribution in [0.2, 0.25) is 0 Å². The summed E-state index contributed by atoms with van der Waals surface area (Å²) in [5.74, 6) is 4.14. The van der Waals surface area contributed by atoms with E-state index >= 15 is 0 Å². The maximum absolute atomic E-state index is 5.62. The predicted molar refractivity (Wildman–Crippen MR) is 125 cm³/mol. The number of hydrogen-bond acceptors (Lipinski definition) is 9. The normalized spacial score (nSPS) is 11.5. The second-order valence-electron chi connectivity index (χ2n) is 6.98. The van der Waals surface area contributed by atoms with Gasteiger partial charge in [-0.05, 0) is 12.1 Å². The Morgan fingerprint density at radius 2 is 1.21 bits per heavy atom. The first-order chi connectivity index (χ1) is 16.1. The van der Waals surface area contributed by atoms with Crippen molar-refractivity contribution in [1.29, 1.82) is 0 Å². The van der Waals surface area contributed by atoms with Crippen molar-refractivity contribution in [3.8, 4) is 40.2 Å². The fraction of sp³-hybridized carbons (Fsp3) is 0.250.